The van der Waals surface area contributed by atoms with Crippen LogP contribution in [-0.4, -0.2) is 11.7 Å². The SMILES string of the molecule is O=[N+]([O-])COc1ccsc1-c1cccs1. The van der Waals surface area contributed by atoms with Gasteiger partial charge in [0.15, 0.2) is 0 Å². The van der Waals surface area contributed by atoms with E-state index in [-0.39, 0.29) is 0 Å². The molecule has 0 amide bonds. The third-order valence-corrected chi connectivity index (χ3v) is 3.65. The van der Waals surface area contributed by atoms with Crippen LogP contribution in [0.4, 0.5) is 0 Å². The number of nitrogens with zero attached hydrogens (tertiary/aromatic N) is 1. The van der Waals surface area contributed by atoms with Gasteiger partial charge in [-0.3, -0.25) is 10.1 Å². The van der Waals surface area contributed by atoms with Crippen molar-refractivity contribution in [1.82, 2.24) is 0 Å². The normalized spacial score (nSPS) is 10.1. The van der Waals surface area contributed by atoms with E-state index >= 15 is 0 Å². The van der Waals surface area contributed by atoms with Crippen LogP contribution in [0.1, 0.15) is 0 Å². The van der Waals surface area contributed by atoms with E-state index in [1.807, 2.05) is 22.9 Å². The molecule has 0 unspecified atom stereocenters. The highest BCUT2D eigenvalue weighted by molar-refractivity contribution is 7.20. The van der Waals surface area contributed by atoms with Gasteiger partial charge in [0.2, 0.25) is 0 Å². The van der Waals surface area contributed by atoms with E-state index in [1.165, 1.54) is 11.3 Å². The standard InChI is InChI=1S/C9H7NO3S2/c11-10(12)6-13-7-3-5-15-9(7)8-2-1-4-14-8/h1-5H,6H2. The summed E-state index contributed by atoms with van der Waals surface area (Å²) in [5.74, 6) is 0.583. The van der Waals surface area contributed by atoms with Crippen molar-refractivity contribution in [3.8, 4) is 15.5 Å². The number of thiophene rings is 2. The lowest BCUT2D eigenvalue weighted by atomic mass is 10.3. The molecule has 0 N–H and O–H groups in total. The summed E-state index contributed by atoms with van der Waals surface area (Å²) in [6.45, 7) is -0.491. The molecule has 0 saturated carbocycles. The van der Waals surface area contributed by atoms with Crippen LogP contribution in [0, 0.1) is 10.1 Å². The molecule has 0 spiro atoms. The number of hydrogen-bond acceptors (Lipinski definition) is 5. The Kier molecular flexibility index (Phi) is 2.98. The predicted molar refractivity (Wildman–Crippen MR) is 60.1 cm³/mol. The van der Waals surface area contributed by atoms with Crippen LogP contribution < -0.4 is 4.74 Å². The molecule has 0 fully saturated rings. The molecule has 0 saturated heterocycles. The molecule has 0 bridgehead atoms. The van der Waals surface area contributed by atoms with Crippen molar-refractivity contribution >= 4 is 22.7 Å². The van der Waals surface area contributed by atoms with Crippen LogP contribution >= 0.6 is 22.7 Å². The molecule has 0 aliphatic heterocycles. The molecule has 2 aromatic heterocycles. The molecule has 0 aliphatic rings. The lowest BCUT2D eigenvalue weighted by molar-refractivity contribution is -0.514. The van der Waals surface area contributed by atoms with E-state index in [0.717, 1.165) is 9.75 Å². The maximum atomic E-state index is 10.2. The van der Waals surface area contributed by atoms with Crippen LogP contribution in [0.2, 0.25) is 0 Å². The number of rotatable bonds is 4. The fraction of sp³-hybridized carbons (Fsp3) is 0.111. The first kappa shape index (κ1) is 10.1. The van der Waals surface area contributed by atoms with Crippen molar-refractivity contribution in [2.45, 2.75) is 0 Å². The zero-order valence-corrected chi connectivity index (χ0v) is 9.22. The Labute approximate surface area is 93.9 Å². The number of ether oxygens (including phenoxy) is 1. The highest BCUT2D eigenvalue weighted by atomic mass is 32.1. The molecular formula is C9H7NO3S2. The van der Waals surface area contributed by atoms with E-state index in [1.54, 1.807) is 17.4 Å². The number of nitro groups is 1. The largest absolute Gasteiger partial charge is 0.430 e. The Bertz CT molecular complexity index is 450. The quantitative estimate of drug-likeness (QED) is 0.469. The van der Waals surface area contributed by atoms with Gasteiger partial charge in [-0.05, 0) is 22.9 Å². The second kappa shape index (κ2) is 4.41. The third-order valence-electron chi connectivity index (χ3n) is 1.70. The molecule has 0 aliphatic carbocycles. The summed E-state index contributed by atoms with van der Waals surface area (Å²) >= 11 is 3.11. The fourth-order valence-corrected chi connectivity index (χ4v) is 2.83. The van der Waals surface area contributed by atoms with Gasteiger partial charge in [-0.25, -0.2) is 0 Å². The third kappa shape index (κ3) is 2.34. The summed E-state index contributed by atoms with van der Waals surface area (Å²) in [5.41, 5.74) is 0. The Hall–Kier alpha value is -1.40. The first-order chi connectivity index (χ1) is 7.27. The van der Waals surface area contributed by atoms with E-state index in [0.29, 0.717) is 5.75 Å². The lowest BCUT2D eigenvalue weighted by Crippen LogP contribution is -2.07. The maximum absolute atomic E-state index is 10.2. The van der Waals surface area contributed by atoms with Crippen LogP contribution in [0.25, 0.3) is 9.75 Å². The molecule has 0 aromatic carbocycles. The zero-order chi connectivity index (χ0) is 10.7. The summed E-state index contributed by atoms with van der Waals surface area (Å²) in [6, 6.07) is 5.66. The summed E-state index contributed by atoms with van der Waals surface area (Å²) in [6.07, 6.45) is 0. The molecule has 78 valence electrons. The average Bonchev–Trinajstić information content (AvgIpc) is 2.85. The first-order valence-corrected chi connectivity index (χ1v) is 5.89. The highest BCUT2D eigenvalue weighted by Crippen LogP contribution is 2.37. The van der Waals surface area contributed by atoms with Crippen molar-refractivity contribution in [3.05, 3.63) is 39.1 Å². The highest BCUT2D eigenvalue weighted by Gasteiger charge is 2.10. The van der Waals surface area contributed by atoms with Crippen LogP contribution in [-0.2, 0) is 0 Å². The molecule has 0 radical (unpaired) electrons. The van der Waals surface area contributed by atoms with Crippen LogP contribution in [0.3, 0.4) is 0 Å². The van der Waals surface area contributed by atoms with Gasteiger partial charge in [0.1, 0.15) is 5.75 Å². The Morgan fingerprint density at radius 2 is 2.20 bits per heavy atom. The molecule has 2 rings (SSSR count). The van der Waals surface area contributed by atoms with Crippen LogP contribution in [0.15, 0.2) is 29.0 Å². The van der Waals surface area contributed by atoms with Gasteiger partial charge in [0.05, 0.1) is 9.80 Å². The van der Waals surface area contributed by atoms with Crippen LogP contribution in [0.5, 0.6) is 5.75 Å². The summed E-state index contributed by atoms with van der Waals surface area (Å²) < 4.78 is 5.08. The smallest absolute Gasteiger partial charge is 0.344 e. The van der Waals surface area contributed by atoms with Gasteiger partial charge in [-0.15, -0.1) is 22.7 Å². The Morgan fingerprint density at radius 3 is 2.87 bits per heavy atom. The molecule has 6 heteroatoms. The molecule has 4 nitrogen and oxygen atoms in total. The van der Waals surface area contributed by atoms with Crippen molar-refractivity contribution in [1.29, 1.82) is 0 Å². The summed E-state index contributed by atoms with van der Waals surface area (Å²) in [4.78, 5) is 11.7. The predicted octanol–water partition coefficient (Wildman–Crippen LogP) is 3.09. The van der Waals surface area contributed by atoms with Gasteiger partial charge in [-0.2, -0.15) is 0 Å². The number of hydrogen-bond donors (Lipinski definition) is 0. The average molecular weight is 241 g/mol. The van der Waals surface area contributed by atoms with Gasteiger partial charge >= 0.3 is 6.73 Å². The molecule has 2 aromatic rings. The van der Waals surface area contributed by atoms with E-state index in [9.17, 15) is 10.1 Å². The second-order valence-corrected chi connectivity index (χ2v) is 4.56. The minimum atomic E-state index is -0.491. The summed E-state index contributed by atoms with van der Waals surface area (Å²) in [5, 5.41) is 14.0. The van der Waals surface area contributed by atoms with Crippen molar-refractivity contribution in [3.63, 3.8) is 0 Å². The second-order valence-electron chi connectivity index (χ2n) is 2.70. The van der Waals surface area contributed by atoms with E-state index < -0.39 is 11.7 Å². The minimum absolute atomic E-state index is 0.490. The van der Waals surface area contributed by atoms with Gasteiger partial charge in [0.25, 0.3) is 0 Å². The molecular weight excluding hydrogens is 234 g/mol. The van der Waals surface area contributed by atoms with Crippen molar-refractivity contribution in [2.75, 3.05) is 6.73 Å². The topological polar surface area (TPSA) is 52.4 Å². The monoisotopic (exact) mass is 241 g/mol. The minimum Gasteiger partial charge on any atom is -0.430 e. The van der Waals surface area contributed by atoms with Crippen molar-refractivity contribution < 1.29 is 9.66 Å². The van der Waals surface area contributed by atoms with Gasteiger partial charge in [0, 0.05) is 4.88 Å². The maximum Gasteiger partial charge on any atom is 0.344 e. The Balaban J connectivity index is 2.19. The summed E-state index contributed by atoms with van der Waals surface area (Å²) in [7, 11) is 0. The Morgan fingerprint density at radius 1 is 1.33 bits per heavy atom. The van der Waals surface area contributed by atoms with Gasteiger partial charge < -0.3 is 4.74 Å². The van der Waals surface area contributed by atoms with Crippen molar-refractivity contribution in [2.24, 2.45) is 0 Å². The molecule has 15 heavy (non-hydrogen) atoms. The van der Waals surface area contributed by atoms with Gasteiger partial charge in [-0.1, -0.05) is 6.07 Å². The van der Waals surface area contributed by atoms with E-state index in [4.69, 9.17) is 4.74 Å². The first-order valence-electron chi connectivity index (χ1n) is 4.13. The zero-order valence-electron chi connectivity index (χ0n) is 7.58. The lowest BCUT2D eigenvalue weighted by Gasteiger charge is -2.00. The molecule has 2 heterocycles. The van der Waals surface area contributed by atoms with E-state index in [2.05, 4.69) is 0 Å². The molecule has 0 atom stereocenters. The fourth-order valence-electron chi connectivity index (χ4n) is 1.12.